The lowest BCUT2D eigenvalue weighted by Gasteiger charge is -2.24. The van der Waals surface area contributed by atoms with Crippen LogP contribution in [0, 0.1) is 6.92 Å². The molecule has 0 fully saturated rings. The number of ketones is 1. The van der Waals surface area contributed by atoms with Crippen LogP contribution in [0.25, 0.3) is 22.0 Å². The number of fused-ring (bicyclic) bond motifs is 2. The van der Waals surface area contributed by atoms with Crippen molar-refractivity contribution in [2.24, 2.45) is 4.99 Å². The van der Waals surface area contributed by atoms with E-state index in [0.717, 1.165) is 44.7 Å². The Morgan fingerprint density at radius 1 is 1.00 bits per heavy atom. The van der Waals surface area contributed by atoms with E-state index in [4.69, 9.17) is 0 Å². The van der Waals surface area contributed by atoms with Crippen LogP contribution in [0.5, 0.6) is 0 Å². The zero-order valence-corrected chi connectivity index (χ0v) is 18.4. The molecule has 0 radical (unpaired) electrons. The van der Waals surface area contributed by atoms with Gasteiger partial charge in [-0.15, -0.1) is 6.58 Å². The number of aliphatic hydroxyl groups is 1. The fraction of sp³-hybridized carbons (Fsp3) is 0.185. The standard InChI is InChI=1S/C25H20N2O2.C2H6/c1-4-13-27-15(3)21(17-10-6-8-12-19(17)27)23-24(28)22(25(23)29)20-14(2)26-18-11-7-5-9-16(18)20;1-2/h4-12,28H,1,13H2,2-3H3;1-2H3. The Morgan fingerprint density at radius 2 is 1.68 bits per heavy atom. The Morgan fingerprint density at radius 3 is 2.39 bits per heavy atom. The molecular weight excluding hydrogens is 384 g/mol. The van der Waals surface area contributed by atoms with Gasteiger partial charge in [0.15, 0.2) is 0 Å². The molecule has 0 atom stereocenters. The van der Waals surface area contributed by atoms with Gasteiger partial charge < -0.3 is 9.67 Å². The molecule has 1 aliphatic carbocycles. The minimum absolute atomic E-state index is 0.0564. The Balaban J connectivity index is 0.00000112. The van der Waals surface area contributed by atoms with Gasteiger partial charge >= 0.3 is 0 Å². The lowest BCUT2D eigenvalue weighted by molar-refractivity contribution is -0.111. The molecular formula is C27H26N2O2. The SMILES string of the molecule is C=CCn1c(C)c(C2=C(O)C(=C3C(C)=Nc4ccccc43)C2=O)c2ccccc21.CC. The first-order chi connectivity index (χ1) is 15.0. The smallest absolute Gasteiger partial charge is 0.201 e. The number of benzene rings is 2. The highest BCUT2D eigenvalue weighted by Crippen LogP contribution is 2.47. The molecule has 2 heterocycles. The lowest BCUT2D eigenvalue weighted by Crippen LogP contribution is -2.24. The number of hydrogen-bond donors (Lipinski definition) is 1. The van der Waals surface area contributed by atoms with E-state index in [1.807, 2.05) is 82.3 Å². The van der Waals surface area contributed by atoms with E-state index in [2.05, 4.69) is 16.1 Å². The van der Waals surface area contributed by atoms with Crippen LogP contribution in [-0.4, -0.2) is 21.2 Å². The number of hydrogen-bond acceptors (Lipinski definition) is 3. The van der Waals surface area contributed by atoms with Gasteiger partial charge in [-0.1, -0.05) is 56.3 Å². The molecule has 4 nitrogen and oxygen atoms in total. The largest absolute Gasteiger partial charge is 0.506 e. The minimum Gasteiger partial charge on any atom is -0.506 e. The zero-order chi connectivity index (χ0) is 22.3. The van der Waals surface area contributed by atoms with Gasteiger partial charge in [0, 0.05) is 45.6 Å². The fourth-order valence-electron chi connectivity index (χ4n) is 4.51. The van der Waals surface area contributed by atoms with Crippen molar-refractivity contribution < 1.29 is 9.90 Å². The fourth-order valence-corrected chi connectivity index (χ4v) is 4.51. The number of rotatable bonds is 3. The quantitative estimate of drug-likeness (QED) is 0.392. The molecule has 0 amide bonds. The molecule has 0 spiro atoms. The van der Waals surface area contributed by atoms with Crippen LogP contribution in [0.1, 0.15) is 37.6 Å². The summed E-state index contributed by atoms with van der Waals surface area (Å²) in [5, 5.41) is 12.0. The summed E-state index contributed by atoms with van der Waals surface area (Å²) in [4.78, 5) is 17.9. The van der Waals surface area contributed by atoms with Crippen molar-refractivity contribution in [2.75, 3.05) is 0 Å². The van der Waals surface area contributed by atoms with Crippen LogP contribution >= 0.6 is 0 Å². The second-order valence-electron chi connectivity index (χ2n) is 7.39. The molecule has 1 aliphatic heterocycles. The Labute approximate surface area is 182 Å². The van der Waals surface area contributed by atoms with Crippen LogP contribution in [0.4, 0.5) is 5.69 Å². The summed E-state index contributed by atoms with van der Waals surface area (Å²) in [6.07, 6.45) is 1.84. The predicted molar refractivity (Wildman–Crippen MR) is 129 cm³/mol. The molecule has 1 N–H and O–H groups in total. The van der Waals surface area contributed by atoms with Gasteiger partial charge in [-0.3, -0.25) is 9.79 Å². The van der Waals surface area contributed by atoms with Crippen LogP contribution < -0.4 is 0 Å². The van der Waals surface area contributed by atoms with Gasteiger partial charge in [-0.2, -0.15) is 0 Å². The number of allylic oxidation sites excluding steroid dienone is 4. The molecule has 0 saturated heterocycles. The number of carbonyl (C=O) groups is 1. The number of aromatic nitrogens is 1. The minimum atomic E-state index is -0.131. The average molecular weight is 411 g/mol. The molecule has 0 saturated carbocycles. The Bertz CT molecular complexity index is 1330. The van der Waals surface area contributed by atoms with Crippen LogP contribution in [0.2, 0.25) is 0 Å². The molecule has 3 aromatic rings. The van der Waals surface area contributed by atoms with Gasteiger partial charge in [0.05, 0.1) is 16.8 Å². The topological polar surface area (TPSA) is 54.6 Å². The van der Waals surface area contributed by atoms with Gasteiger partial charge in [0.25, 0.3) is 0 Å². The van der Waals surface area contributed by atoms with Crippen LogP contribution in [0.15, 0.2) is 77.5 Å². The predicted octanol–water partition coefficient (Wildman–Crippen LogP) is 6.57. The average Bonchev–Trinajstić information content (AvgIpc) is 3.25. The summed E-state index contributed by atoms with van der Waals surface area (Å²) < 4.78 is 2.12. The molecule has 31 heavy (non-hydrogen) atoms. The monoisotopic (exact) mass is 410 g/mol. The van der Waals surface area contributed by atoms with Crippen LogP contribution in [-0.2, 0) is 11.3 Å². The van der Waals surface area contributed by atoms with Crippen LogP contribution in [0.3, 0.4) is 0 Å². The number of nitrogens with zero attached hydrogens (tertiary/aromatic N) is 2. The molecule has 156 valence electrons. The Hall–Kier alpha value is -3.66. The van der Waals surface area contributed by atoms with Crippen molar-refractivity contribution in [1.29, 1.82) is 0 Å². The number of aliphatic hydroxyl groups excluding tert-OH is 1. The first kappa shape index (κ1) is 20.6. The summed E-state index contributed by atoms with van der Waals surface area (Å²) in [6, 6.07) is 15.7. The third kappa shape index (κ3) is 2.90. The van der Waals surface area contributed by atoms with Gasteiger partial charge in [0.2, 0.25) is 5.78 Å². The number of Topliss-reactive ketones (excluding diaryl/α,β-unsaturated/α-hetero) is 1. The van der Waals surface area contributed by atoms with Crippen molar-refractivity contribution >= 4 is 39.2 Å². The summed E-state index contributed by atoms with van der Waals surface area (Å²) in [7, 11) is 0. The molecule has 2 aliphatic rings. The highest BCUT2D eigenvalue weighted by Gasteiger charge is 2.41. The highest BCUT2D eigenvalue weighted by molar-refractivity contribution is 6.47. The number of carbonyl (C=O) groups excluding carboxylic acids is 1. The van der Waals surface area contributed by atoms with Gasteiger partial charge in [-0.05, 0) is 26.0 Å². The van der Waals surface area contributed by atoms with E-state index in [9.17, 15) is 9.90 Å². The van der Waals surface area contributed by atoms with E-state index in [1.54, 1.807) is 0 Å². The van der Waals surface area contributed by atoms with Crippen molar-refractivity contribution in [3.05, 3.63) is 89.3 Å². The normalized spacial score (nSPS) is 17.2. The number of aliphatic imine (C=N–C) groups is 1. The van der Waals surface area contributed by atoms with E-state index < -0.39 is 0 Å². The first-order valence-corrected chi connectivity index (χ1v) is 10.6. The summed E-state index contributed by atoms with van der Waals surface area (Å²) in [5.41, 5.74) is 6.75. The lowest BCUT2D eigenvalue weighted by atomic mass is 9.78. The van der Waals surface area contributed by atoms with E-state index in [1.165, 1.54) is 0 Å². The molecule has 1 aromatic heterocycles. The molecule has 4 heteroatoms. The summed E-state index contributed by atoms with van der Waals surface area (Å²) >= 11 is 0. The molecule has 5 rings (SSSR count). The summed E-state index contributed by atoms with van der Waals surface area (Å²) in [5.74, 6) is -0.0748. The highest BCUT2D eigenvalue weighted by atomic mass is 16.3. The third-order valence-corrected chi connectivity index (χ3v) is 5.79. The van der Waals surface area contributed by atoms with Crippen molar-refractivity contribution in [1.82, 2.24) is 4.57 Å². The maximum absolute atomic E-state index is 13.3. The van der Waals surface area contributed by atoms with Crippen molar-refractivity contribution in [3.63, 3.8) is 0 Å². The van der Waals surface area contributed by atoms with E-state index in [0.29, 0.717) is 17.7 Å². The summed E-state index contributed by atoms with van der Waals surface area (Å²) in [6.45, 7) is 12.3. The van der Waals surface area contributed by atoms with Crippen molar-refractivity contribution in [2.45, 2.75) is 34.2 Å². The second-order valence-corrected chi connectivity index (χ2v) is 7.39. The maximum atomic E-state index is 13.3. The third-order valence-electron chi connectivity index (χ3n) is 5.79. The van der Waals surface area contributed by atoms with E-state index >= 15 is 0 Å². The van der Waals surface area contributed by atoms with E-state index in [-0.39, 0.29) is 11.5 Å². The second kappa shape index (κ2) is 7.88. The Kier molecular flexibility index (Phi) is 5.24. The van der Waals surface area contributed by atoms with Crippen molar-refractivity contribution in [3.8, 4) is 0 Å². The first-order valence-electron chi connectivity index (χ1n) is 10.6. The number of para-hydroxylation sites is 2. The van der Waals surface area contributed by atoms with Gasteiger partial charge in [-0.25, -0.2) is 0 Å². The molecule has 0 unspecified atom stereocenters. The zero-order valence-electron chi connectivity index (χ0n) is 18.4. The van der Waals surface area contributed by atoms with Gasteiger partial charge in [0.1, 0.15) is 5.76 Å². The molecule has 2 aromatic carbocycles. The maximum Gasteiger partial charge on any atom is 0.201 e. The molecule has 0 bridgehead atoms.